The zero-order valence-electron chi connectivity index (χ0n) is 15.0. The Bertz CT molecular complexity index is 1010. The van der Waals surface area contributed by atoms with Gasteiger partial charge in [0, 0.05) is 0 Å². The van der Waals surface area contributed by atoms with Crippen LogP contribution in [-0.4, -0.2) is 35.1 Å². The highest BCUT2D eigenvalue weighted by molar-refractivity contribution is 6.07. The number of nitrogens with one attached hydrogen (secondary N) is 1. The van der Waals surface area contributed by atoms with Crippen molar-refractivity contribution >= 4 is 28.9 Å². The molecule has 2 heterocycles. The van der Waals surface area contributed by atoms with Gasteiger partial charge >= 0.3 is 5.97 Å². The summed E-state index contributed by atoms with van der Waals surface area (Å²) in [6, 6.07) is 14.3. The molecule has 0 saturated carbocycles. The Morgan fingerprint density at radius 3 is 2.63 bits per heavy atom. The van der Waals surface area contributed by atoms with Gasteiger partial charge in [0.25, 0.3) is 0 Å². The van der Waals surface area contributed by atoms with Gasteiger partial charge in [-0.05, 0) is 36.8 Å². The second kappa shape index (κ2) is 6.75. The SMILES string of the molecule is CCOC(=O)[C@@H]1C(=O)Nc2nc3ccccc3n2[C@H]1c1ccc(OC)cc1. The van der Waals surface area contributed by atoms with Gasteiger partial charge in [0.15, 0.2) is 5.92 Å². The Balaban J connectivity index is 1.92. The summed E-state index contributed by atoms with van der Waals surface area (Å²) in [5, 5.41) is 2.75. The summed E-state index contributed by atoms with van der Waals surface area (Å²) in [6.07, 6.45) is 0. The predicted molar refractivity (Wildman–Crippen MR) is 99.6 cm³/mol. The standard InChI is InChI=1S/C20H19N3O4/c1-3-27-19(25)16-17(12-8-10-13(26-2)11-9-12)23-15-7-5-4-6-14(15)21-20(23)22-18(16)24/h4-11,16-17H,3H2,1-2H3,(H,21,22,24)/t16-,17-/m0/s1. The first kappa shape index (κ1) is 17.1. The maximum Gasteiger partial charge on any atom is 0.321 e. The molecule has 0 unspecified atom stereocenters. The highest BCUT2D eigenvalue weighted by atomic mass is 16.5. The smallest absolute Gasteiger partial charge is 0.321 e. The van der Waals surface area contributed by atoms with Crippen LogP contribution in [0.2, 0.25) is 0 Å². The van der Waals surface area contributed by atoms with Crippen molar-refractivity contribution in [2.75, 3.05) is 19.0 Å². The van der Waals surface area contributed by atoms with Crippen LogP contribution in [0.1, 0.15) is 18.5 Å². The number of carbonyl (C=O) groups excluding carboxylic acids is 2. The molecule has 7 heteroatoms. The molecule has 7 nitrogen and oxygen atoms in total. The molecule has 4 rings (SSSR count). The molecule has 1 aromatic heterocycles. The van der Waals surface area contributed by atoms with E-state index < -0.39 is 23.8 Å². The molecule has 138 valence electrons. The first-order valence-electron chi connectivity index (χ1n) is 8.72. The van der Waals surface area contributed by atoms with Gasteiger partial charge in [-0.15, -0.1) is 0 Å². The van der Waals surface area contributed by atoms with E-state index in [0.717, 1.165) is 16.6 Å². The van der Waals surface area contributed by atoms with Gasteiger partial charge in [0.1, 0.15) is 5.75 Å². The molecular weight excluding hydrogens is 346 g/mol. The average molecular weight is 365 g/mol. The van der Waals surface area contributed by atoms with E-state index in [1.165, 1.54) is 0 Å². The second-order valence-corrected chi connectivity index (χ2v) is 6.23. The molecule has 0 aliphatic carbocycles. The highest BCUT2D eigenvalue weighted by Crippen LogP contribution is 2.38. The molecule has 27 heavy (non-hydrogen) atoms. The van der Waals surface area contributed by atoms with E-state index in [1.807, 2.05) is 53.1 Å². The highest BCUT2D eigenvalue weighted by Gasteiger charge is 2.44. The summed E-state index contributed by atoms with van der Waals surface area (Å²) in [6.45, 7) is 1.93. The number of amides is 1. The fourth-order valence-corrected chi connectivity index (χ4v) is 3.51. The van der Waals surface area contributed by atoms with Crippen LogP contribution >= 0.6 is 0 Å². The number of hydrogen-bond donors (Lipinski definition) is 1. The van der Waals surface area contributed by atoms with Gasteiger partial charge in [0.05, 0.1) is 30.8 Å². The number of imidazole rings is 1. The molecule has 2 aromatic carbocycles. The van der Waals surface area contributed by atoms with Gasteiger partial charge in [0.2, 0.25) is 11.9 Å². The van der Waals surface area contributed by atoms with Crippen LogP contribution in [0.4, 0.5) is 5.95 Å². The quantitative estimate of drug-likeness (QED) is 0.568. The molecule has 0 saturated heterocycles. The number of nitrogens with zero attached hydrogens (tertiary/aromatic N) is 2. The van der Waals surface area contributed by atoms with Crippen LogP contribution in [0.25, 0.3) is 11.0 Å². The lowest BCUT2D eigenvalue weighted by molar-refractivity contribution is -0.152. The molecule has 3 aromatic rings. The third kappa shape index (κ3) is 2.81. The monoisotopic (exact) mass is 365 g/mol. The number of benzene rings is 2. The minimum atomic E-state index is -1.01. The van der Waals surface area contributed by atoms with E-state index in [2.05, 4.69) is 10.3 Å². The Morgan fingerprint density at radius 1 is 1.19 bits per heavy atom. The minimum Gasteiger partial charge on any atom is -0.497 e. The van der Waals surface area contributed by atoms with Crippen LogP contribution in [0.15, 0.2) is 48.5 Å². The van der Waals surface area contributed by atoms with Gasteiger partial charge < -0.3 is 14.0 Å². The van der Waals surface area contributed by atoms with Gasteiger partial charge in [-0.2, -0.15) is 0 Å². The number of hydrogen-bond acceptors (Lipinski definition) is 5. The van der Waals surface area contributed by atoms with Crippen molar-refractivity contribution in [1.82, 2.24) is 9.55 Å². The third-order valence-electron chi connectivity index (χ3n) is 4.71. The predicted octanol–water partition coefficient (Wildman–Crippen LogP) is 2.77. The van der Waals surface area contributed by atoms with Crippen molar-refractivity contribution in [3.05, 3.63) is 54.1 Å². The van der Waals surface area contributed by atoms with E-state index in [9.17, 15) is 9.59 Å². The van der Waals surface area contributed by atoms with Gasteiger partial charge in [-0.1, -0.05) is 24.3 Å². The van der Waals surface area contributed by atoms with E-state index in [4.69, 9.17) is 9.47 Å². The maximum atomic E-state index is 12.8. The molecule has 0 bridgehead atoms. The van der Waals surface area contributed by atoms with E-state index in [-0.39, 0.29) is 6.61 Å². The molecule has 0 spiro atoms. The number of rotatable bonds is 4. The molecule has 0 radical (unpaired) electrons. The molecule has 1 amide bonds. The van der Waals surface area contributed by atoms with E-state index >= 15 is 0 Å². The van der Waals surface area contributed by atoms with Crippen LogP contribution in [-0.2, 0) is 14.3 Å². The zero-order valence-corrected chi connectivity index (χ0v) is 15.0. The van der Waals surface area contributed by atoms with Crippen molar-refractivity contribution in [3.8, 4) is 5.75 Å². The van der Waals surface area contributed by atoms with Crippen LogP contribution < -0.4 is 10.1 Å². The Labute approximate surface area is 155 Å². The summed E-state index contributed by atoms with van der Waals surface area (Å²) in [5.74, 6) is -0.871. The number of aromatic nitrogens is 2. The van der Waals surface area contributed by atoms with Crippen molar-refractivity contribution in [2.45, 2.75) is 13.0 Å². The number of para-hydroxylation sites is 2. The Hall–Kier alpha value is -3.35. The van der Waals surface area contributed by atoms with Crippen molar-refractivity contribution < 1.29 is 19.1 Å². The first-order chi connectivity index (χ1) is 13.1. The van der Waals surface area contributed by atoms with Crippen LogP contribution in [0.3, 0.4) is 0 Å². The second-order valence-electron chi connectivity index (χ2n) is 6.23. The lowest BCUT2D eigenvalue weighted by Crippen LogP contribution is -2.43. The normalized spacial score (nSPS) is 18.7. The minimum absolute atomic E-state index is 0.204. The summed E-state index contributed by atoms with van der Waals surface area (Å²) in [4.78, 5) is 29.9. The summed E-state index contributed by atoms with van der Waals surface area (Å²) < 4.78 is 12.3. The fraction of sp³-hybridized carbons (Fsp3) is 0.250. The number of ether oxygens (including phenoxy) is 2. The maximum absolute atomic E-state index is 12.8. The zero-order chi connectivity index (χ0) is 19.0. The largest absolute Gasteiger partial charge is 0.497 e. The number of carbonyl (C=O) groups is 2. The average Bonchev–Trinajstić information content (AvgIpc) is 3.05. The Morgan fingerprint density at radius 2 is 1.93 bits per heavy atom. The molecule has 0 fully saturated rings. The Kier molecular flexibility index (Phi) is 4.27. The number of fused-ring (bicyclic) bond motifs is 3. The molecule has 1 N–H and O–H groups in total. The number of methoxy groups -OCH3 is 1. The van der Waals surface area contributed by atoms with Crippen molar-refractivity contribution in [3.63, 3.8) is 0 Å². The number of esters is 1. The number of anilines is 1. The molecule has 1 aliphatic rings. The van der Waals surface area contributed by atoms with Crippen LogP contribution in [0.5, 0.6) is 5.75 Å². The molecule has 1 aliphatic heterocycles. The van der Waals surface area contributed by atoms with Crippen molar-refractivity contribution in [2.24, 2.45) is 5.92 Å². The summed E-state index contributed by atoms with van der Waals surface area (Å²) >= 11 is 0. The topological polar surface area (TPSA) is 82.5 Å². The lowest BCUT2D eigenvalue weighted by atomic mass is 9.90. The summed E-state index contributed by atoms with van der Waals surface area (Å²) in [5.41, 5.74) is 2.38. The molecular formula is C20H19N3O4. The van der Waals surface area contributed by atoms with E-state index in [1.54, 1.807) is 14.0 Å². The molecule has 2 atom stereocenters. The van der Waals surface area contributed by atoms with Crippen LogP contribution in [0, 0.1) is 5.92 Å². The third-order valence-corrected chi connectivity index (χ3v) is 4.71. The van der Waals surface area contributed by atoms with Crippen molar-refractivity contribution in [1.29, 1.82) is 0 Å². The fourth-order valence-electron chi connectivity index (χ4n) is 3.51. The summed E-state index contributed by atoms with van der Waals surface area (Å²) in [7, 11) is 1.59. The van der Waals surface area contributed by atoms with E-state index in [0.29, 0.717) is 11.7 Å². The first-order valence-corrected chi connectivity index (χ1v) is 8.72. The van der Waals surface area contributed by atoms with Gasteiger partial charge in [-0.3, -0.25) is 14.9 Å². The lowest BCUT2D eigenvalue weighted by Gasteiger charge is -2.32. The van der Waals surface area contributed by atoms with Gasteiger partial charge in [-0.25, -0.2) is 4.98 Å².